The van der Waals surface area contributed by atoms with Crippen molar-refractivity contribution in [2.24, 2.45) is 0 Å². The van der Waals surface area contributed by atoms with Gasteiger partial charge in [-0.15, -0.1) is 11.3 Å². The van der Waals surface area contributed by atoms with E-state index in [4.69, 9.17) is 0 Å². The molecule has 1 aromatic carbocycles. The first-order chi connectivity index (χ1) is 12.9. The van der Waals surface area contributed by atoms with Crippen molar-refractivity contribution in [3.05, 3.63) is 55.8 Å². The number of nitrogens with zero attached hydrogens (tertiary/aromatic N) is 3. The van der Waals surface area contributed by atoms with Gasteiger partial charge in [0.25, 0.3) is 17.5 Å². The zero-order valence-electron chi connectivity index (χ0n) is 15.1. The van der Waals surface area contributed by atoms with E-state index in [9.17, 15) is 19.7 Å². The minimum Gasteiger partial charge on any atom is -0.367 e. The van der Waals surface area contributed by atoms with Crippen LogP contribution in [0.4, 0.5) is 11.4 Å². The van der Waals surface area contributed by atoms with Crippen molar-refractivity contribution in [2.45, 2.75) is 6.92 Å². The van der Waals surface area contributed by atoms with Crippen LogP contribution >= 0.6 is 11.3 Å². The molecule has 3 rings (SSSR count). The maximum Gasteiger partial charge on any atom is 0.270 e. The Morgan fingerprint density at radius 3 is 2.41 bits per heavy atom. The number of non-ortho nitro benzene ring substituents is 1. The zero-order chi connectivity index (χ0) is 19.6. The minimum absolute atomic E-state index is 0.0166. The molecule has 1 aromatic heterocycles. The van der Waals surface area contributed by atoms with E-state index in [1.165, 1.54) is 30.5 Å². The Bertz CT molecular complexity index is 887. The van der Waals surface area contributed by atoms with E-state index >= 15 is 0 Å². The molecule has 142 valence electrons. The van der Waals surface area contributed by atoms with Gasteiger partial charge in [0, 0.05) is 50.2 Å². The fourth-order valence-corrected chi connectivity index (χ4v) is 3.92. The predicted octanol–water partition coefficient (Wildman–Crippen LogP) is 2.29. The molecule has 0 saturated carbocycles. The van der Waals surface area contributed by atoms with E-state index in [0.717, 1.165) is 9.75 Å². The molecule has 0 aliphatic carbocycles. The second kappa shape index (κ2) is 7.75. The number of hydrogen-bond donors (Lipinski definition) is 1. The van der Waals surface area contributed by atoms with E-state index in [2.05, 4.69) is 5.32 Å². The average Bonchev–Trinajstić information content (AvgIpc) is 3.12. The Balaban J connectivity index is 1.76. The van der Waals surface area contributed by atoms with E-state index in [-0.39, 0.29) is 23.1 Å². The second-order valence-electron chi connectivity index (χ2n) is 6.23. The first-order valence-corrected chi connectivity index (χ1v) is 9.33. The van der Waals surface area contributed by atoms with Gasteiger partial charge in [0.15, 0.2) is 0 Å². The van der Waals surface area contributed by atoms with Gasteiger partial charge in [0.05, 0.1) is 21.1 Å². The van der Waals surface area contributed by atoms with Crippen molar-refractivity contribution in [1.29, 1.82) is 0 Å². The normalized spacial score (nSPS) is 14.1. The first-order valence-electron chi connectivity index (χ1n) is 8.52. The number of nitro groups is 1. The molecule has 1 saturated heterocycles. The van der Waals surface area contributed by atoms with Crippen molar-refractivity contribution in [2.75, 3.05) is 38.1 Å². The van der Waals surface area contributed by atoms with Crippen LogP contribution in [0.1, 0.15) is 24.9 Å². The number of amides is 2. The highest BCUT2D eigenvalue weighted by molar-refractivity contribution is 7.13. The molecule has 1 aliphatic heterocycles. The van der Waals surface area contributed by atoms with Crippen molar-refractivity contribution >= 4 is 34.5 Å². The highest BCUT2D eigenvalue weighted by Gasteiger charge is 2.26. The molecule has 2 aromatic rings. The largest absolute Gasteiger partial charge is 0.367 e. The number of aryl methyl sites for hydroxylation is 1. The summed E-state index contributed by atoms with van der Waals surface area (Å²) >= 11 is 1.48. The van der Waals surface area contributed by atoms with E-state index in [1.807, 2.05) is 24.0 Å². The summed E-state index contributed by atoms with van der Waals surface area (Å²) in [7, 11) is 1.49. The quantitative estimate of drug-likeness (QED) is 0.640. The monoisotopic (exact) mass is 388 g/mol. The molecule has 0 unspecified atom stereocenters. The first kappa shape index (κ1) is 18.8. The molecule has 9 heteroatoms. The Morgan fingerprint density at radius 1 is 1.15 bits per heavy atom. The van der Waals surface area contributed by atoms with Crippen molar-refractivity contribution in [3.8, 4) is 0 Å². The molecule has 0 radical (unpaired) electrons. The summed E-state index contributed by atoms with van der Waals surface area (Å²) in [4.78, 5) is 40.9. The summed E-state index contributed by atoms with van der Waals surface area (Å²) in [5.74, 6) is -0.357. The van der Waals surface area contributed by atoms with Gasteiger partial charge in [-0.2, -0.15) is 0 Å². The van der Waals surface area contributed by atoms with Crippen LogP contribution in [0.3, 0.4) is 0 Å². The number of anilines is 1. The number of benzene rings is 1. The lowest BCUT2D eigenvalue weighted by Crippen LogP contribution is -2.49. The number of nitro benzene ring substituents is 1. The maximum atomic E-state index is 12.6. The van der Waals surface area contributed by atoms with E-state index in [0.29, 0.717) is 31.9 Å². The highest BCUT2D eigenvalue weighted by Crippen LogP contribution is 2.27. The van der Waals surface area contributed by atoms with Crippen molar-refractivity contribution in [1.82, 2.24) is 10.2 Å². The smallest absolute Gasteiger partial charge is 0.270 e. The van der Waals surface area contributed by atoms with Gasteiger partial charge < -0.3 is 15.1 Å². The average molecular weight is 388 g/mol. The topological polar surface area (TPSA) is 95.8 Å². The number of carbonyl (C=O) groups is 2. The van der Waals surface area contributed by atoms with Gasteiger partial charge in [0.2, 0.25) is 0 Å². The maximum absolute atomic E-state index is 12.6. The lowest BCUT2D eigenvalue weighted by molar-refractivity contribution is -0.384. The van der Waals surface area contributed by atoms with Gasteiger partial charge in [-0.05, 0) is 25.1 Å². The highest BCUT2D eigenvalue weighted by atomic mass is 32.1. The summed E-state index contributed by atoms with van der Waals surface area (Å²) < 4.78 is 0. The SMILES string of the molecule is CNC(=O)c1cc([N+](=O)[O-])ccc1N1CCN(C(=O)c2ccc(C)s2)CC1. The number of piperazine rings is 1. The summed E-state index contributed by atoms with van der Waals surface area (Å²) in [5, 5.41) is 13.5. The van der Waals surface area contributed by atoms with Crippen LogP contribution in [0.15, 0.2) is 30.3 Å². The van der Waals surface area contributed by atoms with Gasteiger partial charge in [-0.1, -0.05) is 0 Å². The number of rotatable bonds is 4. The van der Waals surface area contributed by atoms with Crippen LogP contribution in [0, 0.1) is 17.0 Å². The summed E-state index contributed by atoms with van der Waals surface area (Å²) in [6, 6.07) is 8.06. The molecular formula is C18H20N4O4S. The number of carbonyl (C=O) groups excluding carboxylic acids is 2. The fraction of sp³-hybridized carbons (Fsp3) is 0.333. The lowest BCUT2D eigenvalue weighted by atomic mass is 10.1. The number of nitrogens with one attached hydrogen (secondary N) is 1. The Morgan fingerprint density at radius 2 is 1.85 bits per heavy atom. The molecule has 0 atom stereocenters. The molecule has 8 nitrogen and oxygen atoms in total. The molecule has 2 heterocycles. The van der Waals surface area contributed by atoms with E-state index in [1.54, 1.807) is 11.0 Å². The predicted molar refractivity (Wildman–Crippen MR) is 104 cm³/mol. The van der Waals surface area contributed by atoms with Crippen LogP contribution < -0.4 is 10.2 Å². The molecule has 0 bridgehead atoms. The Labute approximate surface area is 160 Å². The molecule has 1 fully saturated rings. The van der Waals surface area contributed by atoms with Gasteiger partial charge in [0.1, 0.15) is 0 Å². The van der Waals surface area contributed by atoms with Crippen LogP contribution in [-0.2, 0) is 0 Å². The summed E-state index contributed by atoms with van der Waals surface area (Å²) in [5.41, 5.74) is 0.776. The van der Waals surface area contributed by atoms with Gasteiger partial charge in [-0.25, -0.2) is 0 Å². The van der Waals surface area contributed by atoms with E-state index < -0.39 is 4.92 Å². The van der Waals surface area contributed by atoms with Gasteiger partial charge >= 0.3 is 0 Å². The second-order valence-corrected chi connectivity index (χ2v) is 7.52. The molecule has 1 aliphatic rings. The Kier molecular flexibility index (Phi) is 5.41. The number of hydrogen-bond acceptors (Lipinski definition) is 6. The van der Waals surface area contributed by atoms with Crippen LogP contribution in [0.5, 0.6) is 0 Å². The zero-order valence-corrected chi connectivity index (χ0v) is 15.9. The number of thiophene rings is 1. The Hall–Kier alpha value is -2.94. The minimum atomic E-state index is -0.518. The molecule has 0 spiro atoms. The van der Waals surface area contributed by atoms with Crippen LogP contribution in [-0.4, -0.2) is 54.9 Å². The third kappa shape index (κ3) is 3.92. The van der Waals surface area contributed by atoms with Crippen molar-refractivity contribution in [3.63, 3.8) is 0 Å². The summed E-state index contributed by atoms with van der Waals surface area (Å²) in [6.45, 7) is 4.13. The molecule has 27 heavy (non-hydrogen) atoms. The summed E-state index contributed by atoms with van der Waals surface area (Å²) in [6.07, 6.45) is 0. The molecule has 2 amide bonds. The molecule has 1 N–H and O–H groups in total. The standard InChI is InChI=1S/C18H20N4O4S/c1-12-3-6-16(27-12)18(24)21-9-7-20(8-10-21)15-5-4-13(22(25)26)11-14(15)17(23)19-2/h3-6,11H,7-10H2,1-2H3,(H,19,23). The van der Waals surface area contributed by atoms with Crippen molar-refractivity contribution < 1.29 is 14.5 Å². The third-order valence-corrected chi connectivity index (χ3v) is 5.51. The van der Waals surface area contributed by atoms with Crippen LogP contribution in [0.25, 0.3) is 0 Å². The third-order valence-electron chi connectivity index (χ3n) is 4.52. The molecular weight excluding hydrogens is 368 g/mol. The fourth-order valence-electron chi connectivity index (χ4n) is 3.09. The van der Waals surface area contributed by atoms with Crippen LogP contribution in [0.2, 0.25) is 0 Å². The lowest BCUT2D eigenvalue weighted by Gasteiger charge is -2.36. The van der Waals surface area contributed by atoms with Gasteiger partial charge in [-0.3, -0.25) is 19.7 Å².